The number of esters is 1. The maximum atomic E-state index is 13.8. The Balaban J connectivity index is 2.86. The minimum atomic E-state index is -1.35. The maximum Gasteiger partial charge on any atom is 0.326 e. The molecule has 9 heteroatoms. The highest BCUT2D eigenvalue weighted by Gasteiger charge is 2.27. The summed E-state index contributed by atoms with van der Waals surface area (Å²) in [5.74, 6) is -3.82. The number of amides is 2. The topological polar surface area (TPSA) is 122 Å². The summed E-state index contributed by atoms with van der Waals surface area (Å²) >= 11 is 0. The van der Waals surface area contributed by atoms with E-state index in [2.05, 4.69) is 15.4 Å². The Morgan fingerprint density at radius 2 is 1.81 bits per heavy atom. The van der Waals surface area contributed by atoms with Crippen LogP contribution in [0, 0.1) is 5.82 Å². The molecular weight excluding hydrogens is 347 g/mol. The van der Waals surface area contributed by atoms with Crippen LogP contribution >= 0.6 is 0 Å². The second-order valence-corrected chi connectivity index (χ2v) is 5.56. The van der Waals surface area contributed by atoms with Gasteiger partial charge in [0.05, 0.1) is 7.11 Å². The molecule has 0 aliphatic rings. The molecule has 0 saturated heterocycles. The van der Waals surface area contributed by atoms with Crippen LogP contribution in [0.1, 0.15) is 25.3 Å². The smallest absolute Gasteiger partial charge is 0.326 e. The van der Waals surface area contributed by atoms with E-state index in [1.165, 1.54) is 25.1 Å². The summed E-state index contributed by atoms with van der Waals surface area (Å²) in [5.41, 5.74) is 0.197. The summed E-state index contributed by atoms with van der Waals surface area (Å²) in [7, 11) is 1.16. The van der Waals surface area contributed by atoms with Crippen LogP contribution < -0.4 is 10.6 Å². The average Bonchev–Trinajstić information content (AvgIpc) is 2.58. The van der Waals surface area contributed by atoms with Gasteiger partial charge >= 0.3 is 11.9 Å². The number of carboxylic acid groups (broad SMARTS) is 1. The van der Waals surface area contributed by atoms with Gasteiger partial charge in [-0.05, 0) is 18.1 Å². The standard InChI is InChI=1S/C17H21FN2O6/c1-10(21)19-14(9-11-5-3-4-6-12(11)18)16(23)20-13(17(24)25)7-8-15(22)26-2/h3-6,13-14H,7-9H2,1-2H3,(H,19,21)(H,20,23)(H,24,25)/t13-,14+/m1/s1. The number of carboxylic acids is 1. The molecule has 1 aromatic carbocycles. The Bertz CT molecular complexity index is 679. The molecule has 2 amide bonds. The lowest BCUT2D eigenvalue weighted by atomic mass is 10.0. The van der Waals surface area contributed by atoms with Crippen LogP contribution in [-0.2, 0) is 30.3 Å². The number of nitrogens with one attached hydrogen (secondary N) is 2. The molecule has 1 rings (SSSR count). The third kappa shape index (κ3) is 6.88. The van der Waals surface area contributed by atoms with Gasteiger partial charge in [0.2, 0.25) is 11.8 Å². The predicted octanol–water partition coefficient (Wildman–Crippen LogP) is 0.395. The molecule has 0 bridgehead atoms. The molecule has 0 radical (unpaired) electrons. The number of hydrogen-bond donors (Lipinski definition) is 3. The number of halogens is 1. The first-order chi connectivity index (χ1) is 12.2. The van der Waals surface area contributed by atoms with Gasteiger partial charge in [0.15, 0.2) is 0 Å². The quantitative estimate of drug-likeness (QED) is 0.542. The number of rotatable bonds is 9. The van der Waals surface area contributed by atoms with Gasteiger partial charge in [0.1, 0.15) is 17.9 Å². The zero-order chi connectivity index (χ0) is 19.7. The van der Waals surface area contributed by atoms with Crippen LogP contribution in [0.25, 0.3) is 0 Å². The zero-order valence-electron chi connectivity index (χ0n) is 14.5. The first kappa shape index (κ1) is 21.1. The molecule has 0 heterocycles. The molecule has 8 nitrogen and oxygen atoms in total. The van der Waals surface area contributed by atoms with E-state index in [9.17, 15) is 28.7 Å². The van der Waals surface area contributed by atoms with E-state index in [-0.39, 0.29) is 24.8 Å². The molecule has 142 valence electrons. The monoisotopic (exact) mass is 368 g/mol. The van der Waals surface area contributed by atoms with Crippen molar-refractivity contribution in [3.05, 3.63) is 35.6 Å². The molecule has 26 heavy (non-hydrogen) atoms. The van der Waals surface area contributed by atoms with Gasteiger partial charge in [0.25, 0.3) is 0 Å². The number of aliphatic carboxylic acids is 1. The SMILES string of the molecule is COC(=O)CC[C@@H](NC(=O)[C@H](Cc1ccccc1F)NC(C)=O)C(=O)O. The van der Waals surface area contributed by atoms with E-state index in [1.807, 2.05) is 0 Å². The van der Waals surface area contributed by atoms with Crippen molar-refractivity contribution >= 4 is 23.8 Å². The molecular formula is C17H21FN2O6. The number of methoxy groups -OCH3 is 1. The van der Waals surface area contributed by atoms with Gasteiger partial charge in [-0.3, -0.25) is 14.4 Å². The van der Waals surface area contributed by atoms with E-state index in [0.717, 1.165) is 7.11 Å². The summed E-state index contributed by atoms with van der Waals surface area (Å²) in [5, 5.41) is 13.8. The first-order valence-corrected chi connectivity index (χ1v) is 7.85. The fraction of sp³-hybridized carbons (Fsp3) is 0.412. The van der Waals surface area contributed by atoms with Crippen LogP contribution in [0.4, 0.5) is 4.39 Å². The van der Waals surface area contributed by atoms with Crippen molar-refractivity contribution in [3.8, 4) is 0 Å². The largest absolute Gasteiger partial charge is 0.480 e. The van der Waals surface area contributed by atoms with Crippen molar-refractivity contribution in [2.24, 2.45) is 0 Å². The van der Waals surface area contributed by atoms with Crippen LogP contribution in [0.2, 0.25) is 0 Å². The van der Waals surface area contributed by atoms with Crippen LogP contribution in [0.3, 0.4) is 0 Å². The van der Waals surface area contributed by atoms with Crippen molar-refractivity contribution in [1.82, 2.24) is 10.6 Å². The summed E-state index contributed by atoms with van der Waals surface area (Å²) in [6.45, 7) is 1.19. The number of ether oxygens (including phenoxy) is 1. The number of benzene rings is 1. The average molecular weight is 368 g/mol. The van der Waals surface area contributed by atoms with E-state index >= 15 is 0 Å². The van der Waals surface area contributed by atoms with Crippen molar-refractivity contribution in [2.45, 2.75) is 38.3 Å². The molecule has 1 aromatic rings. The molecule has 0 aliphatic heterocycles. The fourth-order valence-corrected chi connectivity index (χ4v) is 2.23. The summed E-state index contributed by atoms with van der Waals surface area (Å²) in [4.78, 5) is 46.2. The van der Waals surface area contributed by atoms with Gasteiger partial charge in [-0.15, -0.1) is 0 Å². The Hall–Kier alpha value is -2.97. The van der Waals surface area contributed by atoms with Crippen LogP contribution in [-0.4, -0.2) is 48.1 Å². The first-order valence-electron chi connectivity index (χ1n) is 7.85. The van der Waals surface area contributed by atoms with Crippen molar-refractivity contribution in [1.29, 1.82) is 0 Å². The highest BCUT2D eigenvalue weighted by Crippen LogP contribution is 2.10. The lowest BCUT2D eigenvalue weighted by Crippen LogP contribution is -2.52. The van der Waals surface area contributed by atoms with Crippen LogP contribution in [0.5, 0.6) is 0 Å². The van der Waals surface area contributed by atoms with Crippen molar-refractivity contribution in [3.63, 3.8) is 0 Å². The Morgan fingerprint density at radius 1 is 1.15 bits per heavy atom. The number of carbonyl (C=O) groups is 4. The normalized spacial score (nSPS) is 12.6. The molecule has 0 fully saturated rings. The van der Waals surface area contributed by atoms with Crippen molar-refractivity contribution < 1.29 is 33.4 Å². The number of hydrogen-bond acceptors (Lipinski definition) is 5. The van der Waals surface area contributed by atoms with Gasteiger partial charge in [-0.25, -0.2) is 9.18 Å². The molecule has 3 N–H and O–H groups in total. The highest BCUT2D eigenvalue weighted by atomic mass is 19.1. The third-order valence-corrected chi connectivity index (χ3v) is 3.56. The number of carbonyl (C=O) groups excluding carboxylic acids is 3. The van der Waals surface area contributed by atoms with E-state index in [1.54, 1.807) is 6.07 Å². The summed E-state index contributed by atoms with van der Waals surface area (Å²) < 4.78 is 18.2. The van der Waals surface area contributed by atoms with E-state index in [4.69, 9.17) is 0 Å². The van der Waals surface area contributed by atoms with E-state index < -0.39 is 41.7 Å². The molecule has 0 aromatic heterocycles. The van der Waals surface area contributed by atoms with Crippen molar-refractivity contribution in [2.75, 3.05) is 7.11 Å². The van der Waals surface area contributed by atoms with Gasteiger partial charge < -0.3 is 20.5 Å². The summed E-state index contributed by atoms with van der Waals surface area (Å²) in [6, 6.07) is 3.23. The highest BCUT2D eigenvalue weighted by molar-refractivity contribution is 5.90. The summed E-state index contributed by atoms with van der Waals surface area (Å²) in [6.07, 6.45) is -0.534. The van der Waals surface area contributed by atoms with Gasteiger partial charge in [-0.2, -0.15) is 0 Å². The minimum absolute atomic E-state index is 0.151. The predicted molar refractivity (Wildman–Crippen MR) is 88.5 cm³/mol. The maximum absolute atomic E-state index is 13.8. The zero-order valence-corrected chi connectivity index (χ0v) is 14.5. The lowest BCUT2D eigenvalue weighted by molar-refractivity contribution is -0.144. The Morgan fingerprint density at radius 3 is 2.35 bits per heavy atom. The second kappa shape index (κ2) is 10.1. The minimum Gasteiger partial charge on any atom is -0.480 e. The fourth-order valence-electron chi connectivity index (χ4n) is 2.23. The second-order valence-electron chi connectivity index (χ2n) is 5.56. The molecule has 0 spiro atoms. The van der Waals surface area contributed by atoms with E-state index in [0.29, 0.717) is 0 Å². The molecule has 0 aliphatic carbocycles. The molecule has 0 unspecified atom stereocenters. The van der Waals surface area contributed by atoms with Gasteiger partial charge in [-0.1, -0.05) is 18.2 Å². The van der Waals surface area contributed by atoms with Crippen LogP contribution in [0.15, 0.2) is 24.3 Å². The Labute approximate surface area is 149 Å². The Kier molecular flexibility index (Phi) is 8.20. The lowest BCUT2D eigenvalue weighted by Gasteiger charge is -2.21. The van der Waals surface area contributed by atoms with Gasteiger partial charge in [0, 0.05) is 19.8 Å². The third-order valence-electron chi connectivity index (χ3n) is 3.56. The molecule has 2 atom stereocenters. The molecule has 0 saturated carbocycles.